The Morgan fingerprint density at radius 3 is 2.50 bits per heavy atom. The van der Waals surface area contributed by atoms with Crippen LogP contribution in [-0.2, 0) is 0 Å². The van der Waals surface area contributed by atoms with E-state index in [0.717, 1.165) is 12.3 Å². The van der Waals surface area contributed by atoms with Gasteiger partial charge >= 0.3 is 0 Å². The highest BCUT2D eigenvalue weighted by Gasteiger charge is 2.19. The van der Waals surface area contributed by atoms with Crippen LogP contribution in [0.3, 0.4) is 0 Å². The topological polar surface area (TPSA) is 38.0 Å². The standard InChI is InChI=1S/C18H24N2/c19-20-18(12-14-6-2-1-3-7-14)17-11-10-15-8-4-5-9-16(15)13-17/h4-5,8-11,13-14,18,20H,1-3,6-7,12,19H2. The van der Waals surface area contributed by atoms with E-state index in [2.05, 4.69) is 47.9 Å². The number of fused-ring (bicyclic) bond motifs is 1. The highest BCUT2D eigenvalue weighted by Crippen LogP contribution is 2.32. The normalized spacial score (nSPS) is 18.2. The Labute approximate surface area is 121 Å². The summed E-state index contributed by atoms with van der Waals surface area (Å²) in [5.74, 6) is 6.65. The molecule has 106 valence electrons. The smallest absolute Gasteiger partial charge is 0.0462 e. The van der Waals surface area contributed by atoms with Gasteiger partial charge in [0.2, 0.25) is 0 Å². The molecule has 1 unspecified atom stereocenters. The van der Waals surface area contributed by atoms with Crippen molar-refractivity contribution in [3.05, 3.63) is 48.0 Å². The quantitative estimate of drug-likeness (QED) is 0.640. The summed E-state index contributed by atoms with van der Waals surface area (Å²) in [5, 5.41) is 2.60. The van der Waals surface area contributed by atoms with Crippen LogP contribution in [0.25, 0.3) is 10.8 Å². The summed E-state index contributed by atoms with van der Waals surface area (Å²) in [6.45, 7) is 0. The molecule has 2 aromatic carbocycles. The SMILES string of the molecule is NNC(CC1CCCCC1)c1ccc2ccccc2c1. The van der Waals surface area contributed by atoms with Crippen molar-refractivity contribution in [3.63, 3.8) is 0 Å². The van der Waals surface area contributed by atoms with Gasteiger partial charge in [-0.15, -0.1) is 0 Å². The van der Waals surface area contributed by atoms with Crippen molar-refractivity contribution in [1.29, 1.82) is 0 Å². The van der Waals surface area contributed by atoms with Crippen molar-refractivity contribution in [2.24, 2.45) is 11.8 Å². The molecule has 0 radical (unpaired) electrons. The van der Waals surface area contributed by atoms with Gasteiger partial charge in [-0.25, -0.2) is 0 Å². The number of hydrogen-bond donors (Lipinski definition) is 2. The molecule has 0 heterocycles. The second-order valence-electron chi connectivity index (χ2n) is 6.07. The lowest BCUT2D eigenvalue weighted by molar-refractivity contribution is 0.301. The average Bonchev–Trinajstić information content (AvgIpc) is 2.53. The first-order valence-electron chi connectivity index (χ1n) is 7.81. The van der Waals surface area contributed by atoms with Gasteiger partial charge in [-0.2, -0.15) is 0 Å². The molecule has 3 rings (SSSR count). The van der Waals surface area contributed by atoms with Crippen LogP contribution in [0.5, 0.6) is 0 Å². The Kier molecular flexibility index (Phi) is 4.34. The predicted octanol–water partition coefficient (Wildman–Crippen LogP) is 4.31. The summed E-state index contributed by atoms with van der Waals surface area (Å²) >= 11 is 0. The van der Waals surface area contributed by atoms with E-state index in [-0.39, 0.29) is 6.04 Å². The molecule has 0 saturated heterocycles. The van der Waals surface area contributed by atoms with E-state index in [9.17, 15) is 0 Å². The van der Waals surface area contributed by atoms with Gasteiger partial charge in [-0.3, -0.25) is 11.3 Å². The maximum absolute atomic E-state index is 5.82. The van der Waals surface area contributed by atoms with Crippen LogP contribution in [0.1, 0.15) is 50.1 Å². The molecule has 1 saturated carbocycles. The zero-order valence-corrected chi connectivity index (χ0v) is 12.0. The lowest BCUT2D eigenvalue weighted by Gasteiger charge is -2.26. The van der Waals surface area contributed by atoms with Gasteiger partial charge in [0.05, 0.1) is 0 Å². The molecule has 2 heteroatoms. The predicted molar refractivity (Wildman–Crippen MR) is 85.2 cm³/mol. The fraction of sp³-hybridized carbons (Fsp3) is 0.444. The lowest BCUT2D eigenvalue weighted by atomic mass is 9.83. The summed E-state index contributed by atoms with van der Waals surface area (Å²) < 4.78 is 0. The van der Waals surface area contributed by atoms with E-state index in [4.69, 9.17) is 5.84 Å². The minimum atomic E-state index is 0.280. The molecule has 0 aromatic heterocycles. The Bertz CT molecular complexity index is 558. The van der Waals surface area contributed by atoms with Crippen molar-refractivity contribution in [2.45, 2.75) is 44.6 Å². The number of hydrazine groups is 1. The van der Waals surface area contributed by atoms with Gasteiger partial charge < -0.3 is 0 Å². The number of rotatable bonds is 4. The van der Waals surface area contributed by atoms with E-state index in [1.807, 2.05) is 0 Å². The molecule has 1 aliphatic rings. The Balaban J connectivity index is 1.79. The molecular weight excluding hydrogens is 244 g/mol. The largest absolute Gasteiger partial charge is 0.271 e. The summed E-state index contributed by atoms with van der Waals surface area (Å²) in [6.07, 6.45) is 8.08. The van der Waals surface area contributed by atoms with Gasteiger partial charge in [0.1, 0.15) is 0 Å². The third-order valence-electron chi connectivity index (χ3n) is 4.67. The van der Waals surface area contributed by atoms with E-state index < -0.39 is 0 Å². The number of benzene rings is 2. The molecule has 0 amide bonds. The first-order chi connectivity index (χ1) is 9.86. The molecule has 20 heavy (non-hydrogen) atoms. The second kappa shape index (κ2) is 6.38. The summed E-state index contributed by atoms with van der Waals surface area (Å²) in [5.41, 5.74) is 4.35. The Morgan fingerprint density at radius 1 is 1.00 bits per heavy atom. The van der Waals surface area contributed by atoms with Gasteiger partial charge in [-0.05, 0) is 34.7 Å². The van der Waals surface area contributed by atoms with Gasteiger partial charge in [-0.1, -0.05) is 68.5 Å². The van der Waals surface area contributed by atoms with Crippen LogP contribution < -0.4 is 11.3 Å². The van der Waals surface area contributed by atoms with Crippen molar-refractivity contribution in [1.82, 2.24) is 5.43 Å². The lowest BCUT2D eigenvalue weighted by Crippen LogP contribution is -2.30. The summed E-state index contributed by atoms with van der Waals surface area (Å²) in [4.78, 5) is 0. The number of hydrogen-bond acceptors (Lipinski definition) is 2. The van der Waals surface area contributed by atoms with Gasteiger partial charge in [0, 0.05) is 6.04 Å². The van der Waals surface area contributed by atoms with Crippen LogP contribution in [0.15, 0.2) is 42.5 Å². The van der Waals surface area contributed by atoms with E-state index in [0.29, 0.717) is 0 Å². The number of nitrogens with two attached hydrogens (primary N) is 1. The van der Waals surface area contributed by atoms with Crippen LogP contribution in [0.4, 0.5) is 0 Å². The molecule has 1 aliphatic carbocycles. The average molecular weight is 268 g/mol. The van der Waals surface area contributed by atoms with E-state index >= 15 is 0 Å². The third-order valence-corrected chi connectivity index (χ3v) is 4.67. The zero-order chi connectivity index (χ0) is 13.8. The summed E-state index contributed by atoms with van der Waals surface area (Å²) in [7, 11) is 0. The van der Waals surface area contributed by atoms with Crippen LogP contribution in [0.2, 0.25) is 0 Å². The first-order valence-corrected chi connectivity index (χ1v) is 7.81. The molecular formula is C18H24N2. The molecule has 3 N–H and O–H groups in total. The molecule has 1 fully saturated rings. The molecule has 0 aliphatic heterocycles. The zero-order valence-electron chi connectivity index (χ0n) is 12.0. The minimum Gasteiger partial charge on any atom is -0.271 e. The molecule has 1 atom stereocenters. The maximum atomic E-state index is 5.82. The Hall–Kier alpha value is -1.38. The van der Waals surface area contributed by atoms with E-state index in [1.165, 1.54) is 48.4 Å². The van der Waals surface area contributed by atoms with Crippen molar-refractivity contribution >= 4 is 10.8 Å². The second-order valence-corrected chi connectivity index (χ2v) is 6.07. The van der Waals surface area contributed by atoms with Crippen LogP contribution in [-0.4, -0.2) is 0 Å². The molecule has 2 nitrogen and oxygen atoms in total. The van der Waals surface area contributed by atoms with Crippen molar-refractivity contribution in [3.8, 4) is 0 Å². The first kappa shape index (κ1) is 13.6. The fourth-order valence-corrected chi connectivity index (χ4v) is 3.48. The third kappa shape index (κ3) is 3.02. The molecule has 0 spiro atoms. The van der Waals surface area contributed by atoms with Crippen LogP contribution >= 0.6 is 0 Å². The monoisotopic (exact) mass is 268 g/mol. The Morgan fingerprint density at radius 2 is 1.75 bits per heavy atom. The van der Waals surface area contributed by atoms with Crippen LogP contribution in [0, 0.1) is 5.92 Å². The fourth-order valence-electron chi connectivity index (χ4n) is 3.48. The molecule has 2 aromatic rings. The van der Waals surface area contributed by atoms with Crippen molar-refractivity contribution in [2.75, 3.05) is 0 Å². The highest BCUT2D eigenvalue weighted by molar-refractivity contribution is 5.83. The maximum Gasteiger partial charge on any atom is 0.0462 e. The molecule has 0 bridgehead atoms. The van der Waals surface area contributed by atoms with E-state index in [1.54, 1.807) is 0 Å². The van der Waals surface area contributed by atoms with Gasteiger partial charge in [0.15, 0.2) is 0 Å². The highest BCUT2D eigenvalue weighted by atomic mass is 15.2. The van der Waals surface area contributed by atoms with Gasteiger partial charge in [0.25, 0.3) is 0 Å². The number of nitrogens with one attached hydrogen (secondary N) is 1. The van der Waals surface area contributed by atoms with Crippen molar-refractivity contribution < 1.29 is 0 Å². The minimum absolute atomic E-state index is 0.280. The summed E-state index contributed by atoms with van der Waals surface area (Å²) in [6, 6.07) is 15.5.